The van der Waals surface area contributed by atoms with Crippen LogP contribution in [0.3, 0.4) is 0 Å². The maximum Gasteiger partial charge on any atom is 0.127 e. The Bertz CT molecular complexity index is 444. The zero-order chi connectivity index (χ0) is 16.0. The summed E-state index contributed by atoms with van der Waals surface area (Å²) in [5, 5.41) is 13.6. The summed E-state index contributed by atoms with van der Waals surface area (Å²) in [5.74, 6) is 1.84. The van der Waals surface area contributed by atoms with Crippen LogP contribution in [0.25, 0.3) is 0 Å². The van der Waals surface area contributed by atoms with Crippen molar-refractivity contribution in [3.8, 4) is 11.5 Å². The Morgan fingerprint density at radius 2 is 1.86 bits per heavy atom. The van der Waals surface area contributed by atoms with Gasteiger partial charge in [-0.05, 0) is 12.0 Å². The van der Waals surface area contributed by atoms with E-state index in [0.717, 1.165) is 23.6 Å². The monoisotopic (exact) mass is 295 g/mol. The van der Waals surface area contributed by atoms with E-state index in [9.17, 15) is 5.11 Å². The standard InChI is InChI=1S/C17H29NO3/c1-12(2)16(19)17(3,4)11-18-10-13-7-8-14(20-5)9-15(13)21-6/h7-9,12,16,18-19H,10-11H2,1-6H3. The number of hydrogen-bond acceptors (Lipinski definition) is 4. The van der Waals surface area contributed by atoms with E-state index in [-0.39, 0.29) is 17.4 Å². The van der Waals surface area contributed by atoms with Crippen LogP contribution in [-0.2, 0) is 6.54 Å². The number of nitrogens with one attached hydrogen (secondary N) is 1. The third-order valence-corrected chi connectivity index (χ3v) is 3.82. The number of ether oxygens (including phenoxy) is 2. The van der Waals surface area contributed by atoms with Gasteiger partial charge in [0.15, 0.2) is 0 Å². The third-order valence-electron chi connectivity index (χ3n) is 3.82. The summed E-state index contributed by atoms with van der Waals surface area (Å²) in [4.78, 5) is 0. The van der Waals surface area contributed by atoms with Crippen molar-refractivity contribution in [2.45, 2.75) is 40.3 Å². The highest BCUT2D eigenvalue weighted by molar-refractivity contribution is 5.40. The van der Waals surface area contributed by atoms with Crippen LogP contribution < -0.4 is 14.8 Å². The SMILES string of the molecule is COc1ccc(CNCC(C)(C)C(O)C(C)C)c(OC)c1. The first-order chi connectivity index (χ1) is 9.81. The first kappa shape index (κ1) is 17.8. The van der Waals surface area contributed by atoms with Gasteiger partial charge < -0.3 is 19.9 Å². The molecule has 1 aromatic rings. The van der Waals surface area contributed by atoms with Crippen LogP contribution in [-0.4, -0.2) is 32.0 Å². The molecule has 120 valence electrons. The molecule has 0 aliphatic heterocycles. The third kappa shape index (κ3) is 4.90. The Hall–Kier alpha value is -1.26. The second-order valence-electron chi connectivity index (χ2n) is 6.46. The summed E-state index contributed by atoms with van der Waals surface area (Å²) in [6, 6.07) is 5.80. The predicted molar refractivity (Wildman–Crippen MR) is 85.9 cm³/mol. The van der Waals surface area contributed by atoms with Crippen molar-refractivity contribution in [3.63, 3.8) is 0 Å². The van der Waals surface area contributed by atoms with Crippen LogP contribution in [0, 0.1) is 11.3 Å². The molecule has 0 amide bonds. The van der Waals surface area contributed by atoms with E-state index in [1.807, 2.05) is 32.0 Å². The van der Waals surface area contributed by atoms with Crippen molar-refractivity contribution in [2.24, 2.45) is 11.3 Å². The molecule has 1 aromatic carbocycles. The first-order valence-corrected chi connectivity index (χ1v) is 7.41. The highest BCUT2D eigenvalue weighted by Crippen LogP contribution is 2.27. The van der Waals surface area contributed by atoms with Crippen molar-refractivity contribution in [3.05, 3.63) is 23.8 Å². The minimum atomic E-state index is -0.331. The molecule has 0 bridgehead atoms. The number of hydrogen-bond donors (Lipinski definition) is 2. The molecule has 1 atom stereocenters. The zero-order valence-electron chi connectivity index (χ0n) is 14.1. The average molecular weight is 295 g/mol. The second kappa shape index (κ2) is 7.66. The van der Waals surface area contributed by atoms with E-state index < -0.39 is 0 Å². The van der Waals surface area contributed by atoms with Crippen LogP contribution in [0.4, 0.5) is 0 Å². The lowest BCUT2D eigenvalue weighted by atomic mass is 9.80. The molecular formula is C17H29NO3. The van der Waals surface area contributed by atoms with Gasteiger partial charge >= 0.3 is 0 Å². The van der Waals surface area contributed by atoms with E-state index in [4.69, 9.17) is 9.47 Å². The molecule has 4 nitrogen and oxygen atoms in total. The van der Waals surface area contributed by atoms with Gasteiger partial charge in [0, 0.05) is 30.1 Å². The quantitative estimate of drug-likeness (QED) is 0.774. The van der Waals surface area contributed by atoms with Gasteiger partial charge in [-0.3, -0.25) is 0 Å². The zero-order valence-corrected chi connectivity index (χ0v) is 14.1. The molecular weight excluding hydrogens is 266 g/mol. The molecule has 0 heterocycles. The molecule has 4 heteroatoms. The molecule has 0 fully saturated rings. The van der Waals surface area contributed by atoms with E-state index in [2.05, 4.69) is 19.2 Å². The highest BCUT2D eigenvalue weighted by Gasteiger charge is 2.29. The lowest BCUT2D eigenvalue weighted by molar-refractivity contribution is 0.0134. The maximum atomic E-state index is 10.2. The summed E-state index contributed by atoms with van der Waals surface area (Å²) in [6.45, 7) is 9.67. The Morgan fingerprint density at radius 1 is 1.19 bits per heavy atom. The first-order valence-electron chi connectivity index (χ1n) is 7.41. The van der Waals surface area contributed by atoms with E-state index >= 15 is 0 Å². The molecule has 0 saturated carbocycles. The van der Waals surface area contributed by atoms with Crippen molar-refractivity contribution in [2.75, 3.05) is 20.8 Å². The van der Waals surface area contributed by atoms with Gasteiger partial charge in [0.2, 0.25) is 0 Å². The number of methoxy groups -OCH3 is 2. The van der Waals surface area contributed by atoms with Crippen LogP contribution in [0.5, 0.6) is 11.5 Å². The number of rotatable bonds is 8. The number of aliphatic hydroxyl groups is 1. The predicted octanol–water partition coefficient (Wildman–Crippen LogP) is 2.84. The molecule has 0 saturated heterocycles. The fourth-order valence-corrected chi connectivity index (χ4v) is 2.52. The summed E-state index contributed by atoms with van der Waals surface area (Å²) in [5.41, 5.74) is 0.904. The molecule has 0 spiro atoms. The molecule has 0 aliphatic rings. The van der Waals surface area contributed by atoms with Gasteiger partial charge in [0.05, 0.1) is 20.3 Å². The Morgan fingerprint density at radius 3 is 2.38 bits per heavy atom. The Balaban J connectivity index is 2.64. The molecule has 21 heavy (non-hydrogen) atoms. The largest absolute Gasteiger partial charge is 0.497 e. The summed E-state index contributed by atoms with van der Waals surface area (Å²) in [6.07, 6.45) is -0.331. The topological polar surface area (TPSA) is 50.7 Å². The highest BCUT2D eigenvalue weighted by atomic mass is 16.5. The van der Waals surface area contributed by atoms with Crippen molar-refractivity contribution in [1.82, 2.24) is 5.32 Å². The van der Waals surface area contributed by atoms with E-state index in [1.165, 1.54) is 0 Å². The Kier molecular flexibility index (Phi) is 6.49. The van der Waals surface area contributed by atoms with Crippen molar-refractivity contribution < 1.29 is 14.6 Å². The fraction of sp³-hybridized carbons (Fsp3) is 0.647. The second-order valence-corrected chi connectivity index (χ2v) is 6.46. The maximum absolute atomic E-state index is 10.2. The van der Waals surface area contributed by atoms with Crippen LogP contribution in [0.2, 0.25) is 0 Å². The minimum absolute atomic E-state index is 0.173. The van der Waals surface area contributed by atoms with Gasteiger partial charge in [0.1, 0.15) is 11.5 Å². The smallest absolute Gasteiger partial charge is 0.127 e. The minimum Gasteiger partial charge on any atom is -0.497 e. The molecule has 1 rings (SSSR count). The van der Waals surface area contributed by atoms with Gasteiger partial charge in [-0.2, -0.15) is 0 Å². The van der Waals surface area contributed by atoms with Crippen LogP contribution >= 0.6 is 0 Å². The van der Waals surface area contributed by atoms with E-state index in [0.29, 0.717) is 6.54 Å². The normalized spacial score (nSPS) is 13.3. The van der Waals surface area contributed by atoms with Crippen molar-refractivity contribution in [1.29, 1.82) is 0 Å². The molecule has 1 unspecified atom stereocenters. The molecule has 0 aliphatic carbocycles. The number of aliphatic hydroxyl groups excluding tert-OH is 1. The lowest BCUT2D eigenvalue weighted by Crippen LogP contribution is -2.41. The van der Waals surface area contributed by atoms with E-state index in [1.54, 1.807) is 14.2 Å². The molecule has 0 radical (unpaired) electrons. The Labute approximate surface area is 128 Å². The molecule has 2 N–H and O–H groups in total. The van der Waals surface area contributed by atoms with Crippen LogP contribution in [0.1, 0.15) is 33.3 Å². The van der Waals surface area contributed by atoms with Gasteiger partial charge in [-0.25, -0.2) is 0 Å². The average Bonchev–Trinajstić information content (AvgIpc) is 2.46. The summed E-state index contributed by atoms with van der Waals surface area (Å²) < 4.78 is 10.6. The number of benzene rings is 1. The molecule has 0 aromatic heterocycles. The summed E-state index contributed by atoms with van der Waals surface area (Å²) >= 11 is 0. The van der Waals surface area contributed by atoms with Crippen molar-refractivity contribution >= 4 is 0 Å². The van der Waals surface area contributed by atoms with Gasteiger partial charge in [-0.15, -0.1) is 0 Å². The van der Waals surface area contributed by atoms with Gasteiger partial charge in [0.25, 0.3) is 0 Å². The van der Waals surface area contributed by atoms with Gasteiger partial charge in [-0.1, -0.05) is 33.8 Å². The lowest BCUT2D eigenvalue weighted by Gasteiger charge is -2.33. The summed E-state index contributed by atoms with van der Waals surface area (Å²) in [7, 11) is 3.30. The van der Waals surface area contributed by atoms with Crippen LogP contribution in [0.15, 0.2) is 18.2 Å². The fourth-order valence-electron chi connectivity index (χ4n) is 2.52.